The second-order valence-corrected chi connectivity index (χ2v) is 5.50. The van der Waals surface area contributed by atoms with E-state index >= 15 is 0 Å². The van der Waals surface area contributed by atoms with Crippen molar-refractivity contribution in [1.82, 2.24) is 5.32 Å². The lowest BCUT2D eigenvalue weighted by molar-refractivity contribution is -0.133. The van der Waals surface area contributed by atoms with Gasteiger partial charge < -0.3 is 15.3 Å². The molecule has 0 spiro atoms. The lowest BCUT2D eigenvalue weighted by atomic mass is 9.80. The van der Waals surface area contributed by atoms with Crippen LogP contribution in [-0.2, 0) is 9.63 Å². The van der Waals surface area contributed by atoms with E-state index in [9.17, 15) is 9.90 Å². The Balaban J connectivity index is 1.52. The van der Waals surface area contributed by atoms with Gasteiger partial charge in [0.1, 0.15) is 0 Å². The fourth-order valence-corrected chi connectivity index (χ4v) is 2.45. The highest BCUT2D eigenvalue weighted by Gasteiger charge is 2.36. The zero-order chi connectivity index (χ0) is 14.0. The molecule has 2 aliphatic rings. The Morgan fingerprint density at radius 1 is 1.40 bits per heavy atom. The van der Waals surface area contributed by atoms with Gasteiger partial charge in [-0.3, -0.25) is 4.79 Å². The molecular weight excluding hydrogens is 256 g/mol. The van der Waals surface area contributed by atoms with Crippen LogP contribution in [0.3, 0.4) is 0 Å². The summed E-state index contributed by atoms with van der Waals surface area (Å²) in [6.07, 6.45) is 2.41. The third-order valence-corrected chi connectivity index (χ3v) is 3.94. The van der Waals surface area contributed by atoms with Crippen molar-refractivity contribution in [3.05, 3.63) is 35.9 Å². The van der Waals surface area contributed by atoms with E-state index in [0.29, 0.717) is 13.0 Å². The minimum Gasteiger partial charge on any atom is -0.388 e. The molecule has 5 heteroatoms. The number of benzene rings is 1. The van der Waals surface area contributed by atoms with Crippen molar-refractivity contribution >= 4 is 11.6 Å². The van der Waals surface area contributed by atoms with Crippen LogP contribution in [0.1, 0.15) is 31.2 Å². The number of amides is 1. The Morgan fingerprint density at radius 2 is 2.15 bits per heavy atom. The van der Waals surface area contributed by atoms with Gasteiger partial charge in [-0.2, -0.15) is 0 Å². The normalized spacial score (nSPS) is 23.4. The molecule has 1 unspecified atom stereocenters. The van der Waals surface area contributed by atoms with Crippen molar-refractivity contribution in [2.45, 2.75) is 37.4 Å². The second kappa shape index (κ2) is 5.25. The minimum absolute atomic E-state index is 0.208. The van der Waals surface area contributed by atoms with Crippen LogP contribution in [-0.4, -0.2) is 35.0 Å². The van der Waals surface area contributed by atoms with Gasteiger partial charge in [-0.05, 0) is 24.8 Å². The van der Waals surface area contributed by atoms with Crippen molar-refractivity contribution in [1.29, 1.82) is 0 Å². The molecule has 1 fully saturated rings. The average Bonchev–Trinajstić information content (AvgIpc) is 2.93. The maximum Gasteiger partial charge on any atom is 0.264 e. The topological polar surface area (TPSA) is 70.9 Å². The number of hydrogen-bond donors (Lipinski definition) is 2. The Bertz CT molecular complexity index is 523. The van der Waals surface area contributed by atoms with E-state index in [1.54, 1.807) is 0 Å². The molecule has 0 aromatic heterocycles. The van der Waals surface area contributed by atoms with Gasteiger partial charge in [0.2, 0.25) is 6.10 Å². The summed E-state index contributed by atoms with van der Waals surface area (Å²) in [6.45, 7) is 0.298. The van der Waals surface area contributed by atoms with Crippen molar-refractivity contribution in [3.63, 3.8) is 0 Å². The first-order chi connectivity index (χ1) is 9.66. The number of aliphatic hydroxyl groups is 1. The molecule has 0 saturated heterocycles. The molecular formula is C15H18N2O3. The third kappa shape index (κ3) is 2.67. The van der Waals surface area contributed by atoms with Crippen LogP contribution in [0.15, 0.2) is 35.5 Å². The summed E-state index contributed by atoms with van der Waals surface area (Å²) in [7, 11) is 0. The van der Waals surface area contributed by atoms with E-state index in [4.69, 9.17) is 4.84 Å². The highest BCUT2D eigenvalue weighted by atomic mass is 16.6. The van der Waals surface area contributed by atoms with E-state index in [-0.39, 0.29) is 5.91 Å². The predicted molar refractivity (Wildman–Crippen MR) is 74.3 cm³/mol. The summed E-state index contributed by atoms with van der Waals surface area (Å²) in [6, 6.07) is 9.68. The van der Waals surface area contributed by atoms with Crippen LogP contribution in [0.25, 0.3) is 0 Å². The monoisotopic (exact) mass is 274 g/mol. The molecule has 1 aromatic rings. The van der Waals surface area contributed by atoms with Crippen molar-refractivity contribution < 1.29 is 14.7 Å². The smallest absolute Gasteiger partial charge is 0.264 e. The Hall–Kier alpha value is -1.88. The Kier molecular flexibility index (Phi) is 3.44. The maximum atomic E-state index is 12.0. The predicted octanol–water partition coefficient (Wildman–Crippen LogP) is 1.21. The summed E-state index contributed by atoms with van der Waals surface area (Å²) in [5.74, 6) is -0.208. The van der Waals surface area contributed by atoms with Crippen LogP contribution >= 0.6 is 0 Å². The summed E-state index contributed by atoms with van der Waals surface area (Å²) in [5.41, 5.74) is 1.05. The first kappa shape index (κ1) is 13.1. The Labute approximate surface area is 117 Å². The van der Waals surface area contributed by atoms with Crippen LogP contribution < -0.4 is 5.32 Å². The molecule has 5 nitrogen and oxygen atoms in total. The van der Waals surface area contributed by atoms with Crippen molar-refractivity contribution in [2.75, 3.05) is 6.54 Å². The van der Waals surface area contributed by atoms with Gasteiger partial charge >= 0.3 is 0 Å². The summed E-state index contributed by atoms with van der Waals surface area (Å²) >= 11 is 0. The van der Waals surface area contributed by atoms with E-state index in [1.807, 2.05) is 30.3 Å². The first-order valence-electron chi connectivity index (χ1n) is 6.94. The fourth-order valence-electron chi connectivity index (χ4n) is 2.45. The fraction of sp³-hybridized carbons (Fsp3) is 0.467. The highest BCUT2D eigenvalue weighted by Crippen LogP contribution is 2.30. The number of carbonyl (C=O) groups excluding carboxylic acids is 1. The van der Waals surface area contributed by atoms with Gasteiger partial charge in [-0.1, -0.05) is 35.5 Å². The summed E-state index contributed by atoms with van der Waals surface area (Å²) in [5, 5.41) is 16.7. The van der Waals surface area contributed by atoms with Crippen LogP contribution in [0, 0.1) is 0 Å². The molecule has 1 aliphatic carbocycles. The molecule has 1 saturated carbocycles. The lowest BCUT2D eigenvalue weighted by Crippen LogP contribution is -2.49. The van der Waals surface area contributed by atoms with Gasteiger partial charge in [0.15, 0.2) is 0 Å². The van der Waals surface area contributed by atoms with E-state index < -0.39 is 11.7 Å². The van der Waals surface area contributed by atoms with Gasteiger partial charge in [-0.25, -0.2) is 0 Å². The number of nitrogens with zero attached hydrogens (tertiary/aromatic N) is 1. The number of carbonyl (C=O) groups is 1. The van der Waals surface area contributed by atoms with Crippen molar-refractivity contribution in [2.24, 2.45) is 5.16 Å². The number of nitrogens with one attached hydrogen (secondary N) is 1. The van der Waals surface area contributed by atoms with Crippen LogP contribution in [0.4, 0.5) is 0 Å². The largest absolute Gasteiger partial charge is 0.388 e. The zero-order valence-electron chi connectivity index (χ0n) is 11.2. The molecule has 106 valence electrons. The standard InChI is InChI=1S/C15H18N2O3/c18-14(16-10-15(19)7-4-8-15)13-9-12(17-20-13)11-5-2-1-3-6-11/h1-3,5-6,13,19H,4,7-10H2,(H,16,18). The molecule has 3 rings (SSSR count). The summed E-state index contributed by atoms with van der Waals surface area (Å²) in [4.78, 5) is 17.2. The molecule has 0 bridgehead atoms. The van der Waals surface area contributed by atoms with E-state index in [1.165, 1.54) is 0 Å². The molecule has 1 aromatic carbocycles. The van der Waals surface area contributed by atoms with E-state index in [0.717, 1.165) is 30.5 Å². The SMILES string of the molecule is O=C(NCC1(O)CCC1)C1CC(c2ccccc2)=NO1. The quantitative estimate of drug-likeness (QED) is 0.867. The molecule has 20 heavy (non-hydrogen) atoms. The Morgan fingerprint density at radius 3 is 2.80 bits per heavy atom. The number of oxime groups is 1. The maximum absolute atomic E-state index is 12.0. The van der Waals surface area contributed by atoms with Crippen LogP contribution in [0.2, 0.25) is 0 Å². The average molecular weight is 274 g/mol. The zero-order valence-corrected chi connectivity index (χ0v) is 11.2. The third-order valence-electron chi connectivity index (χ3n) is 3.94. The molecule has 2 N–H and O–H groups in total. The molecule has 1 amide bonds. The number of rotatable bonds is 4. The molecule has 1 aliphatic heterocycles. The molecule has 1 heterocycles. The van der Waals surface area contributed by atoms with E-state index in [2.05, 4.69) is 10.5 Å². The lowest BCUT2D eigenvalue weighted by Gasteiger charge is -2.36. The molecule has 1 atom stereocenters. The second-order valence-electron chi connectivity index (χ2n) is 5.50. The van der Waals surface area contributed by atoms with Crippen molar-refractivity contribution in [3.8, 4) is 0 Å². The minimum atomic E-state index is -0.711. The van der Waals surface area contributed by atoms with Gasteiger partial charge in [0, 0.05) is 13.0 Å². The van der Waals surface area contributed by atoms with Crippen LogP contribution in [0.5, 0.6) is 0 Å². The van der Waals surface area contributed by atoms with Gasteiger partial charge in [0.25, 0.3) is 5.91 Å². The highest BCUT2D eigenvalue weighted by molar-refractivity contribution is 6.04. The molecule has 0 radical (unpaired) electrons. The first-order valence-corrected chi connectivity index (χ1v) is 6.94. The van der Waals surface area contributed by atoms with Gasteiger partial charge in [0.05, 0.1) is 11.3 Å². The summed E-state index contributed by atoms with van der Waals surface area (Å²) < 4.78 is 0. The number of hydrogen-bond acceptors (Lipinski definition) is 4. The van der Waals surface area contributed by atoms with Gasteiger partial charge in [-0.15, -0.1) is 0 Å².